The van der Waals surface area contributed by atoms with E-state index in [0.717, 1.165) is 0 Å². The van der Waals surface area contributed by atoms with E-state index in [1.165, 1.54) is 4.90 Å². The Morgan fingerprint density at radius 2 is 1.96 bits per heavy atom. The summed E-state index contributed by atoms with van der Waals surface area (Å²) in [4.78, 5) is 38.1. The molecule has 2 aliphatic rings. The molecule has 1 saturated heterocycles. The van der Waals surface area contributed by atoms with Gasteiger partial charge in [-0.1, -0.05) is 17.7 Å². The molecule has 0 aromatic carbocycles. The predicted octanol–water partition coefficient (Wildman–Crippen LogP) is 1.53. The number of nitrogens with zero attached hydrogens (tertiary/aromatic N) is 2. The molecule has 2 rings (SSSR count). The summed E-state index contributed by atoms with van der Waals surface area (Å²) in [6.07, 6.45) is 2.66. The van der Waals surface area contributed by atoms with Gasteiger partial charge >= 0.3 is 5.97 Å². The highest BCUT2D eigenvalue weighted by atomic mass is 35.5. The minimum Gasteiger partial charge on any atom is -0.459 e. The number of esters is 1. The average molecular weight is 358 g/mol. The highest BCUT2D eigenvalue weighted by molar-refractivity contribution is 6.30. The molecule has 2 unspecified atom stereocenters. The zero-order chi connectivity index (χ0) is 18.1. The fraction of sp³-hybridized carbons (Fsp3) is 0.706. The van der Waals surface area contributed by atoms with Crippen molar-refractivity contribution in [3.05, 3.63) is 11.1 Å². The first-order valence-corrected chi connectivity index (χ1v) is 8.70. The first kappa shape index (κ1) is 18.9. The third-order valence-corrected chi connectivity index (χ3v) is 4.82. The summed E-state index contributed by atoms with van der Waals surface area (Å²) in [5, 5.41) is 0.659. The molecule has 1 aliphatic carbocycles. The molecule has 2 atom stereocenters. The number of hydrogen-bond donors (Lipinski definition) is 0. The number of rotatable bonds is 6. The lowest BCUT2D eigenvalue weighted by atomic mass is 9.85. The number of likely N-dealkylation sites (tertiary alicyclic amines) is 1. The number of allylic oxidation sites excluding steroid dienone is 2. The molecule has 24 heavy (non-hydrogen) atoms. The number of imide groups is 1. The number of carbonyl (C=O) groups excluding carboxylic acids is 3. The van der Waals surface area contributed by atoms with Crippen molar-refractivity contribution in [2.75, 3.05) is 33.7 Å². The Morgan fingerprint density at radius 1 is 1.33 bits per heavy atom. The molecule has 0 spiro atoms. The molecule has 7 heteroatoms. The van der Waals surface area contributed by atoms with Crippen molar-refractivity contribution in [2.45, 2.75) is 32.8 Å². The maximum atomic E-state index is 12.5. The molecule has 134 valence electrons. The molecule has 2 amide bonds. The summed E-state index contributed by atoms with van der Waals surface area (Å²) in [7, 11) is 3.77. The quantitative estimate of drug-likeness (QED) is 0.411. The second kappa shape index (κ2) is 7.23. The maximum absolute atomic E-state index is 12.5. The largest absolute Gasteiger partial charge is 0.459 e. The van der Waals surface area contributed by atoms with Gasteiger partial charge in [0, 0.05) is 5.03 Å². The smallest absolute Gasteiger partial charge is 0.362 e. The summed E-state index contributed by atoms with van der Waals surface area (Å²) in [6, 6.07) is 0. The van der Waals surface area contributed by atoms with E-state index in [0.29, 0.717) is 35.4 Å². The summed E-state index contributed by atoms with van der Waals surface area (Å²) in [6.45, 7) is 4.63. The highest BCUT2D eigenvalue weighted by Gasteiger charge is 2.48. The zero-order valence-corrected chi connectivity index (χ0v) is 15.5. The lowest BCUT2D eigenvalue weighted by Gasteiger charge is -2.30. The van der Waals surface area contributed by atoms with Gasteiger partial charge in [-0.15, -0.1) is 0 Å². The lowest BCUT2D eigenvalue weighted by Crippen LogP contribution is -2.50. The first-order chi connectivity index (χ1) is 11.1. The number of hydrogen-bond acceptors (Lipinski definition) is 4. The van der Waals surface area contributed by atoms with E-state index in [4.69, 9.17) is 16.3 Å². The normalized spacial score (nSPS) is 24.2. The SMILES string of the molecule is CC(C)OC(=O)C[N+](C)(C)CCN1C(=O)C2CC=C(Cl)CC2C1=O. The second-order valence-corrected chi connectivity index (χ2v) is 7.97. The number of fused-ring (bicyclic) bond motifs is 1. The van der Waals surface area contributed by atoms with Crippen LogP contribution in [0.2, 0.25) is 0 Å². The van der Waals surface area contributed by atoms with Crippen LogP contribution in [-0.2, 0) is 19.1 Å². The summed E-state index contributed by atoms with van der Waals surface area (Å²) in [5.74, 6) is -1.13. The van der Waals surface area contributed by atoms with E-state index in [9.17, 15) is 14.4 Å². The molecule has 1 aliphatic heterocycles. The number of amides is 2. The molecule has 0 radical (unpaired) electrons. The van der Waals surface area contributed by atoms with E-state index in [2.05, 4.69) is 0 Å². The maximum Gasteiger partial charge on any atom is 0.362 e. The molecule has 0 N–H and O–H groups in total. The van der Waals surface area contributed by atoms with E-state index >= 15 is 0 Å². The van der Waals surface area contributed by atoms with Gasteiger partial charge in [0.15, 0.2) is 6.54 Å². The van der Waals surface area contributed by atoms with Gasteiger partial charge in [-0.05, 0) is 26.7 Å². The van der Waals surface area contributed by atoms with E-state index in [1.807, 2.05) is 20.2 Å². The van der Waals surface area contributed by atoms with Crippen LogP contribution in [0, 0.1) is 11.8 Å². The zero-order valence-electron chi connectivity index (χ0n) is 14.8. The van der Waals surface area contributed by atoms with Crippen LogP contribution in [0.15, 0.2) is 11.1 Å². The minimum atomic E-state index is -0.323. The molecule has 6 nitrogen and oxygen atoms in total. The molecule has 1 fully saturated rings. The topological polar surface area (TPSA) is 63.7 Å². The minimum absolute atomic E-state index is 0.116. The molecule has 0 bridgehead atoms. The lowest BCUT2D eigenvalue weighted by molar-refractivity contribution is -0.882. The molecular formula is C17H26ClN2O4+. The third-order valence-electron chi connectivity index (χ3n) is 4.51. The standard InChI is InChI=1S/C17H26ClN2O4/c1-11(2)24-15(21)10-20(3,4)8-7-19-16(22)13-6-5-12(18)9-14(13)17(19)23/h5,11,13-14H,6-10H2,1-4H3/q+1. The summed E-state index contributed by atoms with van der Waals surface area (Å²) in [5.41, 5.74) is 0. The van der Waals surface area contributed by atoms with E-state index < -0.39 is 0 Å². The third kappa shape index (κ3) is 4.36. The van der Waals surface area contributed by atoms with Crippen molar-refractivity contribution in [3.8, 4) is 0 Å². The molecule has 1 heterocycles. The van der Waals surface area contributed by atoms with Gasteiger partial charge in [-0.2, -0.15) is 0 Å². The Kier molecular flexibility index (Phi) is 5.71. The van der Waals surface area contributed by atoms with Gasteiger partial charge in [-0.3, -0.25) is 14.5 Å². The van der Waals surface area contributed by atoms with Gasteiger partial charge in [0.1, 0.15) is 0 Å². The Bertz CT molecular complexity index is 571. The van der Waals surface area contributed by atoms with Crippen molar-refractivity contribution < 1.29 is 23.6 Å². The van der Waals surface area contributed by atoms with Crippen molar-refractivity contribution in [1.29, 1.82) is 0 Å². The Balaban J connectivity index is 1.93. The van der Waals surface area contributed by atoms with Gasteiger partial charge in [0.05, 0.1) is 45.1 Å². The van der Waals surface area contributed by atoms with Crippen molar-refractivity contribution in [2.24, 2.45) is 11.8 Å². The van der Waals surface area contributed by atoms with Gasteiger partial charge in [0.2, 0.25) is 11.8 Å². The summed E-state index contributed by atoms with van der Waals surface area (Å²) >= 11 is 6.02. The molecule has 0 aromatic rings. The van der Waals surface area contributed by atoms with Crippen LogP contribution in [0.4, 0.5) is 0 Å². The first-order valence-electron chi connectivity index (χ1n) is 8.32. The van der Waals surface area contributed by atoms with Crippen molar-refractivity contribution in [3.63, 3.8) is 0 Å². The van der Waals surface area contributed by atoms with Gasteiger partial charge in [0.25, 0.3) is 0 Å². The van der Waals surface area contributed by atoms with Crippen molar-refractivity contribution in [1.82, 2.24) is 4.90 Å². The number of carbonyl (C=O) groups is 3. The van der Waals surface area contributed by atoms with E-state index in [1.54, 1.807) is 13.8 Å². The van der Waals surface area contributed by atoms with Crippen molar-refractivity contribution >= 4 is 29.4 Å². The molecule has 0 aromatic heterocycles. The Morgan fingerprint density at radius 3 is 2.58 bits per heavy atom. The Labute approximate surface area is 148 Å². The van der Waals surface area contributed by atoms with Crippen LogP contribution < -0.4 is 0 Å². The van der Waals surface area contributed by atoms with Crippen LogP contribution in [0.1, 0.15) is 26.7 Å². The Hall–Kier alpha value is -1.40. The van der Waals surface area contributed by atoms with Gasteiger partial charge in [-0.25, -0.2) is 4.79 Å². The van der Waals surface area contributed by atoms with Crippen LogP contribution in [0.25, 0.3) is 0 Å². The number of halogens is 1. The number of ether oxygens (including phenoxy) is 1. The average Bonchev–Trinajstić information content (AvgIpc) is 2.67. The van der Waals surface area contributed by atoms with Crippen LogP contribution in [0.5, 0.6) is 0 Å². The molecular weight excluding hydrogens is 332 g/mol. The highest BCUT2D eigenvalue weighted by Crippen LogP contribution is 2.38. The monoisotopic (exact) mass is 357 g/mol. The number of likely N-dealkylation sites (N-methyl/N-ethyl adjacent to an activating group) is 1. The predicted molar refractivity (Wildman–Crippen MR) is 89.9 cm³/mol. The van der Waals surface area contributed by atoms with Crippen LogP contribution >= 0.6 is 11.6 Å². The van der Waals surface area contributed by atoms with Gasteiger partial charge < -0.3 is 9.22 Å². The van der Waals surface area contributed by atoms with Crippen LogP contribution in [0.3, 0.4) is 0 Å². The van der Waals surface area contributed by atoms with Crippen LogP contribution in [-0.4, -0.2) is 67.0 Å². The second-order valence-electron chi connectivity index (χ2n) is 7.49. The van der Waals surface area contributed by atoms with E-state index in [-0.39, 0.29) is 42.3 Å². The summed E-state index contributed by atoms with van der Waals surface area (Å²) < 4.78 is 5.52. The fourth-order valence-electron chi connectivity index (χ4n) is 3.22. The number of quaternary nitrogens is 1. The fourth-order valence-corrected chi connectivity index (χ4v) is 3.47. The molecule has 0 saturated carbocycles.